The van der Waals surface area contributed by atoms with Crippen LogP contribution in [0.2, 0.25) is 0 Å². The summed E-state index contributed by atoms with van der Waals surface area (Å²) in [6, 6.07) is 18.7. The van der Waals surface area contributed by atoms with Gasteiger partial charge >= 0.3 is 11.9 Å². The molecule has 2 fully saturated rings. The standard InChI is InChI=1S/C53H58N6O13/c54-41-13-11-29-10-9-27-4-1-2-5-34(27)52(29,41)35-15-16-51(50(68)69)44(35)32-20-38(63)39(71-53(70)49(67)48(66)47(65)40(24-61)72-53)21-36(32)59(51)43(64)14-8-26-7-12-37(62)30(18-26)31-19-28(23-60)33(46-45(31)57-25-58-46)22-56-42-6-3-17-55-42/h1-8,12,14-18,20-21,25,28-29,31,33,35,40-41,44,47-49,55-56,60-63,65-67,70H,9-11,13,19,22-24,54H2,(H,57,58)(H,68,69). The minimum absolute atomic E-state index is 0.0209. The van der Waals surface area contributed by atoms with Gasteiger partial charge < -0.3 is 76.5 Å². The number of rotatable bonds is 12. The number of carbonyl (C=O) groups excluding carboxylic acids is 1. The number of phenolic OH excluding ortho intramolecular Hbond substituents is 2. The summed E-state index contributed by atoms with van der Waals surface area (Å²) in [5.41, 5.74) is 9.19. The number of hydrogen-bond donors (Lipinski definition) is 13. The number of benzene rings is 3. The number of aromatic nitrogens is 3. The van der Waals surface area contributed by atoms with E-state index in [1.54, 1.807) is 18.5 Å². The van der Waals surface area contributed by atoms with Crippen LogP contribution in [0.3, 0.4) is 0 Å². The number of fused-ring (bicyclic) bond motifs is 7. The molecule has 14 unspecified atom stereocenters. The number of allylic oxidation sites excluding steroid dienone is 1. The van der Waals surface area contributed by atoms with Crippen molar-refractivity contribution in [3.05, 3.63) is 137 Å². The highest BCUT2D eigenvalue weighted by atomic mass is 16.8. The summed E-state index contributed by atoms with van der Waals surface area (Å²) in [6.45, 7) is -0.556. The third kappa shape index (κ3) is 7.12. The highest BCUT2D eigenvalue weighted by molar-refractivity contribution is 6.13. The summed E-state index contributed by atoms with van der Waals surface area (Å²) in [5.74, 6) is -8.19. The van der Waals surface area contributed by atoms with E-state index in [0.717, 1.165) is 58.6 Å². The van der Waals surface area contributed by atoms with Crippen LogP contribution in [0.5, 0.6) is 17.2 Å². The van der Waals surface area contributed by atoms with Crippen LogP contribution in [0.1, 0.15) is 82.6 Å². The number of aryl methyl sites for hydroxylation is 1. The fourth-order valence-corrected chi connectivity index (χ4v) is 13.5. The van der Waals surface area contributed by atoms with Gasteiger partial charge in [0.25, 0.3) is 5.91 Å². The second-order valence-corrected chi connectivity index (χ2v) is 20.2. The minimum atomic E-state index is -3.16. The van der Waals surface area contributed by atoms with Gasteiger partial charge in [0.2, 0.25) is 0 Å². The average Bonchev–Trinajstić information content (AvgIpc) is 4.24. The van der Waals surface area contributed by atoms with Crippen molar-refractivity contribution >= 4 is 29.5 Å². The Morgan fingerprint density at radius 2 is 1.78 bits per heavy atom. The molecule has 72 heavy (non-hydrogen) atoms. The van der Waals surface area contributed by atoms with Gasteiger partial charge in [0.1, 0.15) is 29.9 Å². The molecule has 4 aliphatic carbocycles. The Hall–Kier alpha value is -6.55. The first-order valence-corrected chi connectivity index (χ1v) is 24.4. The lowest BCUT2D eigenvalue weighted by Gasteiger charge is -2.50. The van der Waals surface area contributed by atoms with Crippen molar-refractivity contribution in [2.45, 2.75) is 97.2 Å². The molecular weight excluding hydrogens is 929 g/mol. The Labute approximate surface area is 412 Å². The lowest BCUT2D eigenvalue weighted by atomic mass is 9.54. The fraction of sp³-hybridized carbons (Fsp3) is 0.415. The van der Waals surface area contributed by atoms with Crippen molar-refractivity contribution < 1.29 is 65.0 Å². The van der Waals surface area contributed by atoms with E-state index in [4.69, 9.17) is 15.2 Å². The third-order valence-electron chi connectivity index (χ3n) is 16.8. The zero-order valence-corrected chi connectivity index (χ0v) is 39.0. The fourth-order valence-electron chi connectivity index (χ4n) is 13.5. The predicted octanol–water partition coefficient (Wildman–Crippen LogP) is 2.76. The molecule has 1 saturated carbocycles. The summed E-state index contributed by atoms with van der Waals surface area (Å²) in [5, 5.41) is 102. The van der Waals surface area contributed by atoms with Crippen molar-refractivity contribution in [1.29, 1.82) is 0 Å². The van der Waals surface area contributed by atoms with Gasteiger partial charge in [-0.3, -0.25) is 9.69 Å². The number of amides is 1. The van der Waals surface area contributed by atoms with Crippen molar-refractivity contribution in [1.82, 2.24) is 15.0 Å². The van der Waals surface area contributed by atoms with E-state index in [1.807, 2.05) is 36.5 Å². The summed E-state index contributed by atoms with van der Waals surface area (Å²) in [4.78, 5) is 41.7. The summed E-state index contributed by atoms with van der Waals surface area (Å²) < 4.78 is 11.1. The number of ether oxygens (including phenoxy) is 2. The van der Waals surface area contributed by atoms with Gasteiger partial charge in [-0.1, -0.05) is 42.5 Å². The van der Waals surface area contributed by atoms with E-state index < -0.39 is 95.1 Å². The number of carboxylic acids is 1. The van der Waals surface area contributed by atoms with Crippen LogP contribution in [-0.2, 0) is 26.2 Å². The molecule has 3 aromatic carbocycles. The molecule has 2 aliphatic heterocycles. The first kappa shape index (κ1) is 47.8. The SMILES string of the molecule is NC1CCC2CCc3ccccc3C12C1C=CC2(C(=O)O)C1c1cc(O)c(OC3(O)OC(CO)C(O)C(O)C3O)cc1N2C(=O)C=Cc1ccc(O)c(C2CC(CO)C(CNc3ccc[nH]3)c3nc[nH]c32)c1. The molecule has 0 radical (unpaired) electrons. The van der Waals surface area contributed by atoms with Crippen LogP contribution >= 0.6 is 0 Å². The number of hydrogen-bond acceptors (Lipinski definition) is 15. The summed E-state index contributed by atoms with van der Waals surface area (Å²) in [7, 11) is 0. The van der Waals surface area contributed by atoms with E-state index in [0.29, 0.717) is 30.5 Å². The van der Waals surface area contributed by atoms with Gasteiger partial charge in [0, 0.05) is 72.0 Å². The molecule has 1 amide bonds. The molecule has 0 spiro atoms. The Morgan fingerprint density at radius 1 is 0.958 bits per heavy atom. The summed E-state index contributed by atoms with van der Waals surface area (Å²) >= 11 is 0. The number of carboxylic acid groups (broad SMARTS) is 1. The molecule has 19 nitrogen and oxygen atoms in total. The van der Waals surface area contributed by atoms with Crippen LogP contribution in [0, 0.1) is 17.8 Å². The Kier molecular flexibility index (Phi) is 11.9. The average molecular weight is 987 g/mol. The molecule has 4 heterocycles. The van der Waals surface area contributed by atoms with E-state index in [9.17, 15) is 50.8 Å². The van der Waals surface area contributed by atoms with E-state index in [-0.39, 0.29) is 41.4 Å². The molecular formula is C53H58N6O13. The molecule has 14 N–H and O–H groups in total. The maximum absolute atomic E-state index is 15.2. The number of aliphatic carboxylic acids is 1. The summed E-state index contributed by atoms with van der Waals surface area (Å²) in [6.07, 6.45) is 5.14. The molecule has 0 bridgehead atoms. The molecule has 6 aliphatic rings. The van der Waals surface area contributed by atoms with Crippen LogP contribution in [-0.4, -0.2) is 135 Å². The van der Waals surface area contributed by atoms with Gasteiger partial charge in [-0.05, 0) is 109 Å². The number of nitrogens with zero attached hydrogens (tertiary/aromatic N) is 2. The lowest BCUT2D eigenvalue weighted by molar-refractivity contribution is -0.422. The maximum Gasteiger partial charge on any atom is 0.355 e. The zero-order chi connectivity index (χ0) is 50.4. The first-order valence-electron chi connectivity index (χ1n) is 24.4. The number of aliphatic hydroxyl groups excluding tert-OH is 5. The molecule has 2 aromatic heterocycles. The number of aliphatic hydroxyl groups is 6. The van der Waals surface area contributed by atoms with Gasteiger partial charge in [0.05, 0.1) is 24.3 Å². The molecule has 5 aromatic rings. The number of anilines is 2. The molecule has 19 heteroatoms. The number of imidazole rings is 1. The highest BCUT2D eigenvalue weighted by Gasteiger charge is 2.69. The number of aromatic amines is 2. The smallest absolute Gasteiger partial charge is 0.355 e. The van der Waals surface area contributed by atoms with Gasteiger partial charge in [-0.25, -0.2) is 9.78 Å². The van der Waals surface area contributed by atoms with Gasteiger partial charge in [-0.15, -0.1) is 0 Å². The topological polar surface area (TPSA) is 320 Å². The number of nitrogens with one attached hydrogen (secondary N) is 3. The normalized spacial score (nSPS) is 34.3. The van der Waals surface area contributed by atoms with Crippen LogP contribution < -0.4 is 20.7 Å². The van der Waals surface area contributed by atoms with Gasteiger partial charge in [-0.2, -0.15) is 0 Å². The van der Waals surface area contributed by atoms with Gasteiger partial charge in [0.15, 0.2) is 23.1 Å². The van der Waals surface area contributed by atoms with E-state index in [1.165, 1.54) is 30.4 Å². The van der Waals surface area contributed by atoms with Crippen LogP contribution in [0.15, 0.2) is 97.5 Å². The minimum Gasteiger partial charge on any atom is -0.508 e. The Morgan fingerprint density at radius 3 is 2.54 bits per heavy atom. The number of phenols is 2. The number of aromatic hydroxyl groups is 2. The van der Waals surface area contributed by atoms with Crippen molar-refractivity contribution in [2.24, 2.45) is 23.5 Å². The molecule has 1 saturated heterocycles. The van der Waals surface area contributed by atoms with E-state index >= 15 is 4.79 Å². The van der Waals surface area contributed by atoms with E-state index in [2.05, 4.69) is 32.4 Å². The van der Waals surface area contributed by atoms with Crippen LogP contribution in [0.4, 0.5) is 11.5 Å². The second-order valence-electron chi connectivity index (χ2n) is 20.2. The third-order valence-corrected chi connectivity index (χ3v) is 16.8. The number of nitrogens with two attached hydrogens (primary N) is 1. The predicted molar refractivity (Wildman–Crippen MR) is 259 cm³/mol. The van der Waals surface area contributed by atoms with Crippen LogP contribution in [0.25, 0.3) is 6.08 Å². The Bertz CT molecular complexity index is 2960. The second kappa shape index (κ2) is 17.9. The molecule has 11 rings (SSSR count). The largest absolute Gasteiger partial charge is 0.508 e. The van der Waals surface area contributed by atoms with Crippen molar-refractivity contribution in [3.63, 3.8) is 0 Å². The molecule has 378 valence electrons. The highest BCUT2D eigenvalue weighted by Crippen LogP contribution is 2.67. The Balaban J connectivity index is 0.988. The number of H-pyrrole nitrogens is 2. The zero-order valence-electron chi connectivity index (χ0n) is 39.0. The number of carbonyl (C=O) groups is 2. The monoisotopic (exact) mass is 986 g/mol. The molecule has 14 atom stereocenters. The first-order chi connectivity index (χ1) is 34.7. The van der Waals surface area contributed by atoms with Crippen molar-refractivity contribution in [2.75, 3.05) is 30.0 Å². The lowest BCUT2D eigenvalue weighted by Crippen LogP contribution is -2.67. The van der Waals surface area contributed by atoms with Crippen molar-refractivity contribution in [3.8, 4) is 17.2 Å². The quantitative estimate of drug-likeness (QED) is 0.0486. The maximum atomic E-state index is 15.2.